The molecule has 1 rings (SSSR count). The summed E-state index contributed by atoms with van der Waals surface area (Å²) in [5, 5.41) is 20.8. The lowest BCUT2D eigenvalue weighted by molar-refractivity contribution is -0.385. The fourth-order valence-electron chi connectivity index (χ4n) is 2.14. The van der Waals surface area contributed by atoms with Crippen molar-refractivity contribution in [1.82, 2.24) is 4.90 Å². The van der Waals surface area contributed by atoms with Crippen molar-refractivity contribution in [2.75, 3.05) is 13.1 Å². The van der Waals surface area contributed by atoms with Crippen LogP contribution in [0.1, 0.15) is 38.1 Å². The molecule has 0 aliphatic heterocycles. The van der Waals surface area contributed by atoms with Crippen LogP contribution in [0.2, 0.25) is 0 Å². The third kappa shape index (κ3) is 4.44. The second-order valence-corrected chi connectivity index (χ2v) is 5.93. The normalized spacial score (nSPS) is 11.0. The summed E-state index contributed by atoms with van der Waals surface area (Å²) in [6, 6.07) is 4.01. The lowest BCUT2D eigenvalue weighted by Crippen LogP contribution is -2.37. The Bertz CT molecular complexity index is 516. The van der Waals surface area contributed by atoms with Gasteiger partial charge in [0.25, 0.3) is 5.91 Å². The molecule has 0 bridgehead atoms. The van der Waals surface area contributed by atoms with E-state index in [0.29, 0.717) is 13.1 Å². The van der Waals surface area contributed by atoms with Crippen LogP contribution in [0.4, 0.5) is 5.69 Å². The van der Waals surface area contributed by atoms with E-state index in [4.69, 9.17) is 0 Å². The zero-order valence-electron chi connectivity index (χ0n) is 12.9. The van der Waals surface area contributed by atoms with Gasteiger partial charge in [0.05, 0.1) is 10.5 Å². The first kappa shape index (κ1) is 16.9. The minimum absolute atomic E-state index is 0.0227. The van der Waals surface area contributed by atoms with Crippen LogP contribution < -0.4 is 0 Å². The number of phenolic OH excluding ortho intramolecular Hbond substituents is 1. The average Bonchev–Trinajstić information content (AvgIpc) is 2.36. The SMILES string of the molecule is CC(C)CN(CC(C)C)C(=O)c1cccc([N+](=O)[O-])c1O. The Hall–Kier alpha value is -2.11. The van der Waals surface area contributed by atoms with Gasteiger partial charge in [-0.2, -0.15) is 0 Å². The summed E-state index contributed by atoms with van der Waals surface area (Å²) >= 11 is 0. The molecule has 1 aromatic rings. The first-order chi connectivity index (χ1) is 9.73. The van der Waals surface area contributed by atoms with Gasteiger partial charge in [0.15, 0.2) is 0 Å². The van der Waals surface area contributed by atoms with Gasteiger partial charge in [0, 0.05) is 19.2 Å². The van der Waals surface area contributed by atoms with Gasteiger partial charge in [0.2, 0.25) is 5.75 Å². The van der Waals surface area contributed by atoms with E-state index in [0.717, 1.165) is 0 Å². The molecule has 0 aliphatic carbocycles. The molecular weight excluding hydrogens is 272 g/mol. The number of benzene rings is 1. The molecule has 0 fully saturated rings. The van der Waals surface area contributed by atoms with Crippen LogP contribution in [0.3, 0.4) is 0 Å². The highest BCUT2D eigenvalue weighted by molar-refractivity contribution is 5.98. The van der Waals surface area contributed by atoms with Crippen molar-refractivity contribution in [3.05, 3.63) is 33.9 Å². The highest BCUT2D eigenvalue weighted by atomic mass is 16.6. The van der Waals surface area contributed by atoms with Gasteiger partial charge in [0.1, 0.15) is 0 Å². The predicted molar refractivity (Wildman–Crippen MR) is 80.3 cm³/mol. The molecule has 116 valence electrons. The summed E-state index contributed by atoms with van der Waals surface area (Å²) in [6.45, 7) is 9.06. The van der Waals surface area contributed by atoms with Crippen LogP contribution in [0.5, 0.6) is 5.75 Å². The molecule has 0 saturated heterocycles. The molecular formula is C15H22N2O4. The summed E-state index contributed by atoms with van der Waals surface area (Å²) in [6.07, 6.45) is 0. The molecule has 0 aliphatic rings. The van der Waals surface area contributed by atoms with Crippen LogP contribution in [-0.4, -0.2) is 33.9 Å². The predicted octanol–water partition coefficient (Wildman–Crippen LogP) is 3.05. The second-order valence-electron chi connectivity index (χ2n) is 5.93. The van der Waals surface area contributed by atoms with Crippen LogP contribution >= 0.6 is 0 Å². The monoisotopic (exact) mass is 294 g/mol. The number of para-hydroxylation sites is 1. The molecule has 6 nitrogen and oxygen atoms in total. The minimum atomic E-state index is -0.693. The number of hydrogen-bond donors (Lipinski definition) is 1. The molecule has 0 radical (unpaired) electrons. The summed E-state index contributed by atoms with van der Waals surface area (Å²) in [4.78, 5) is 24.3. The van der Waals surface area contributed by atoms with Gasteiger partial charge in [-0.3, -0.25) is 14.9 Å². The van der Waals surface area contributed by atoms with Crippen molar-refractivity contribution in [3.8, 4) is 5.75 Å². The van der Waals surface area contributed by atoms with E-state index < -0.39 is 16.4 Å². The van der Waals surface area contributed by atoms with Crippen molar-refractivity contribution in [3.63, 3.8) is 0 Å². The summed E-state index contributed by atoms with van der Waals surface area (Å²) < 4.78 is 0. The number of nitrogens with zero attached hydrogens (tertiary/aromatic N) is 2. The summed E-state index contributed by atoms with van der Waals surface area (Å²) in [7, 11) is 0. The number of aromatic hydroxyl groups is 1. The average molecular weight is 294 g/mol. The lowest BCUT2D eigenvalue weighted by atomic mass is 10.1. The van der Waals surface area contributed by atoms with Crippen molar-refractivity contribution in [2.24, 2.45) is 11.8 Å². The van der Waals surface area contributed by atoms with Crippen LogP contribution in [0.15, 0.2) is 18.2 Å². The second kappa shape index (κ2) is 7.06. The van der Waals surface area contributed by atoms with Crippen molar-refractivity contribution in [1.29, 1.82) is 0 Å². The molecule has 0 unspecified atom stereocenters. The molecule has 1 N–H and O–H groups in total. The number of hydrogen-bond acceptors (Lipinski definition) is 4. The molecule has 6 heteroatoms. The Labute approximate surface area is 124 Å². The maximum Gasteiger partial charge on any atom is 0.311 e. The number of amides is 1. The maximum atomic E-state index is 12.6. The molecule has 0 aromatic heterocycles. The topological polar surface area (TPSA) is 83.7 Å². The van der Waals surface area contributed by atoms with E-state index in [9.17, 15) is 20.0 Å². The van der Waals surface area contributed by atoms with Gasteiger partial charge >= 0.3 is 5.69 Å². The molecule has 21 heavy (non-hydrogen) atoms. The first-order valence-electron chi connectivity index (χ1n) is 6.99. The van der Waals surface area contributed by atoms with Gasteiger partial charge in [-0.25, -0.2) is 0 Å². The quantitative estimate of drug-likeness (QED) is 0.645. The largest absolute Gasteiger partial charge is 0.502 e. The van der Waals surface area contributed by atoms with Crippen molar-refractivity contribution in [2.45, 2.75) is 27.7 Å². The molecule has 1 aromatic carbocycles. The maximum absolute atomic E-state index is 12.6. The van der Waals surface area contributed by atoms with E-state index in [2.05, 4.69) is 0 Å². The highest BCUT2D eigenvalue weighted by Gasteiger charge is 2.25. The van der Waals surface area contributed by atoms with E-state index >= 15 is 0 Å². The Morgan fingerprint density at radius 1 is 1.24 bits per heavy atom. The van der Waals surface area contributed by atoms with E-state index in [1.807, 2.05) is 27.7 Å². The van der Waals surface area contributed by atoms with E-state index in [1.165, 1.54) is 18.2 Å². The smallest absolute Gasteiger partial charge is 0.311 e. The Balaban J connectivity index is 3.14. The highest BCUT2D eigenvalue weighted by Crippen LogP contribution is 2.30. The standard InChI is InChI=1S/C15H22N2O4/c1-10(2)8-16(9-11(3)4)15(19)12-6-5-7-13(14(12)18)17(20)21/h5-7,10-11,18H,8-9H2,1-4H3. The van der Waals surface area contributed by atoms with Crippen LogP contribution in [-0.2, 0) is 0 Å². The van der Waals surface area contributed by atoms with Crippen molar-refractivity contribution >= 4 is 11.6 Å². The van der Waals surface area contributed by atoms with Gasteiger partial charge in [-0.15, -0.1) is 0 Å². The zero-order valence-corrected chi connectivity index (χ0v) is 12.9. The van der Waals surface area contributed by atoms with Gasteiger partial charge < -0.3 is 10.0 Å². The fraction of sp³-hybridized carbons (Fsp3) is 0.533. The number of rotatable bonds is 6. The Morgan fingerprint density at radius 2 is 1.76 bits per heavy atom. The third-order valence-electron chi connectivity index (χ3n) is 2.90. The van der Waals surface area contributed by atoms with Gasteiger partial charge in [-0.1, -0.05) is 33.8 Å². The molecule has 0 saturated carbocycles. The molecule has 0 spiro atoms. The molecule has 0 atom stereocenters. The lowest BCUT2D eigenvalue weighted by Gasteiger charge is -2.26. The summed E-state index contributed by atoms with van der Waals surface area (Å²) in [5.41, 5.74) is -0.472. The number of nitro groups is 1. The van der Waals surface area contributed by atoms with E-state index in [-0.39, 0.29) is 23.3 Å². The van der Waals surface area contributed by atoms with Gasteiger partial charge in [-0.05, 0) is 17.9 Å². The Kier molecular flexibility index (Phi) is 5.69. The number of phenols is 1. The van der Waals surface area contributed by atoms with Crippen molar-refractivity contribution < 1.29 is 14.8 Å². The van der Waals surface area contributed by atoms with E-state index in [1.54, 1.807) is 4.90 Å². The number of nitro benzene ring substituents is 1. The molecule has 1 amide bonds. The fourth-order valence-corrected chi connectivity index (χ4v) is 2.14. The minimum Gasteiger partial charge on any atom is -0.502 e. The summed E-state index contributed by atoms with van der Waals surface area (Å²) in [5.74, 6) is -0.398. The Morgan fingerprint density at radius 3 is 2.19 bits per heavy atom. The molecule has 0 heterocycles. The van der Waals surface area contributed by atoms with Crippen LogP contribution in [0, 0.1) is 22.0 Å². The first-order valence-corrected chi connectivity index (χ1v) is 6.99. The van der Waals surface area contributed by atoms with Crippen LogP contribution in [0.25, 0.3) is 0 Å². The number of carbonyl (C=O) groups excluding carboxylic acids is 1. The third-order valence-corrected chi connectivity index (χ3v) is 2.90. The number of carbonyl (C=O) groups is 1. The zero-order chi connectivity index (χ0) is 16.2.